The van der Waals surface area contributed by atoms with Gasteiger partial charge in [-0.3, -0.25) is 9.59 Å². The average Bonchev–Trinajstić information content (AvgIpc) is 3.20. The molecule has 0 radical (unpaired) electrons. The fourth-order valence-corrected chi connectivity index (χ4v) is 2.60. The van der Waals surface area contributed by atoms with Crippen LogP contribution in [0.3, 0.4) is 0 Å². The minimum atomic E-state index is -0.344. The summed E-state index contributed by atoms with van der Waals surface area (Å²) in [6.07, 6.45) is 3.91. The molecule has 1 aliphatic heterocycles. The molecule has 2 aliphatic rings. The summed E-state index contributed by atoms with van der Waals surface area (Å²) in [4.78, 5) is 30.2. The van der Waals surface area contributed by atoms with Gasteiger partial charge < -0.3 is 10.2 Å². The van der Waals surface area contributed by atoms with Crippen LogP contribution in [0.25, 0.3) is 0 Å². The summed E-state index contributed by atoms with van der Waals surface area (Å²) in [6, 6.07) is -0.344. The molecule has 2 fully saturated rings. The maximum Gasteiger partial charge on any atom is 0.245 e. The van der Waals surface area contributed by atoms with Gasteiger partial charge in [0.05, 0.1) is 6.54 Å². The summed E-state index contributed by atoms with van der Waals surface area (Å²) in [6.45, 7) is 3.58. The number of aromatic nitrogens is 3. The van der Waals surface area contributed by atoms with E-state index in [1.807, 2.05) is 6.92 Å². The van der Waals surface area contributed by atoms with Crippen molar-refractivity contribution in [1.29, 1.82) is 0 Å². The number of carbonyl (C=O) groups excluding carboxylic acids is 2. The SMILES string of the molecule is CCn1ncnc1CN1CCC(=O)NC(C2CC2)C1=O. The van der Waals surface area contributed by atoms with E-state index in [9.17, 15) is 9.59 Å². The molecule has 0 bridgehead atoms. The number of amides is 2. The van der Waals surface area contributed by atoms with Gasteiger partial charge >= 0.3 is 0 Å². The molecular weight excluding hydrogens is 258 g/mol. The van der Waals surface area contributed by atoms with Gasteiger partial charge in [0, 0.05) is 19.5 Å². The zero-order chi connectivity index (χ0) is 14.1. The number of hydrogen-bond acceptors (Lipinski definition) is 4. The second kappa shape index (κ2) is 5.22. The van der Waals surface area contributed by atoms with E-state index in [1.54, 1.807) is 9.58 Å². The number of nitrogens with zero attached hydrogens (tertiary/aromatic N) is 4. The Hall–Kier alpha value is -1.92. The number of aryl methyl sites for hydroxylation is 1. The topological polar surface area (TPSA) is 80.1 Å². The van der Waals surface area contributed by atoms with Crippen molar-refractivity contribution in [2.45, 2.75) is 45.3 Å². The first kappa shape index (κ1) is 13.1. The van der Waals surface area contributed by atoms with Crippen molar-refractivity contribution < 1.29 is 9.59 Å². The zero-order valence-electron chi connectivity index (χ0n) is 11.6. The van der Waals surface area contributed by atoms with Crippen LogP contribution < -0.4 is 5.32 Å². The van der Waals surface area contributed by atoms with E-state index in [4.69, 9.17) is 0 Å². The molecule has 1 N–H and O–H groups in total. The molecule has 1 aromatic heterocycles. The molecule has 1 aromatic rings. The summed E-state index contributed by atoms with van der Waals surface area (Å²) in [7, 11) is 0. The number of hydrogen-bond donors (Lipinski definition) is 1. The lowest BCUT2D eigenvalue weighted by Crippen LogP contribution is -2.46. The van der Waals surface area contributed by atoms with E-state index < -0.39 is 0 Å². The fraction of sp³-hybridized carbons (Fsp3) is 0.692. The Labute approximate surface area is 117 Å². The van der Waals surface area contributed by atoms with Gasteiger partial charge in [-0.1, -0.05) is 0 Å². The molecule has 1 aliphatic carbocycles. The van der Waals surface area contributed by atoms with Gasteiger partial charge in [0.25, 0.3) is 0 Å². The van der Waals surface area contributed by atoms with Crippen molar-refractivity contribution in [2.75, 3.05) is 6.54 Å². The zero-order valence-corrected chi connectivity index (χ0v) is 11.6. The summed E-state index contributed by atoms with van der Waals surface area (Å²) in [5.41, 5.74) is 0. The monoisotopic (exact) mass is 277 g/mol. The van der Waals surface area contributed by atoms with Gasteiger partial charge in [-0.2, -0.15) is 5.10 Å². The van der Waals surface area contributed by atoms with Gasteiger partial charge in [0.1, 0.15) is 18.2 Å². The highest BCUT2D eigenvalue weighted by Crippen LogP contribution is 2.34. The molecule has 1 unspecified atom stereocenters. The average molecular weight is 277 g/mol. The van der Waals surface area contributed by atoms with E-state index in [1.165, 1.54) is 6.33 Å². The van der Waals surface area contributed by atoms with Crippen molar-refractivity contribution in [3.8, 4) is 0 Å². The Morgan fingerprint density at radius 2 is 2.20 bits per heavy atom. The van der Waals surface area contributed by atoms with E-state index in [0.717, 1.165) is 25.2 Å². The van der Waals surface area contributed by atoms with Crippen LogP contribution in [0, 0.1) is 5.92 Å². The first-order chi connectivity index (χ1) is 9.69. The third-order valence-electron chi connectivity index (χ3n) is 3.92. The predicted molar refractivity (Wildman–Crippen MR) is 70.4 cm³/mol. The maximum absolute atomic E-state index is 12.6. The van der Waals surface area contributed by atoms with Crippen molar-refractivity contribution in [1.82, 2.24) is 25.0 Å². The molecule has 0 aromatic carbocycles. The van der Waals surface area contributed by atoms with Gasteiger partial charge in [-0.05, 0) is 25.7 Å². The smallest absolute Gasteiger partial charge is 0.245 e. The molecule has 7 nitrogen and oxygen atoms in total. The van der Waals surface area contributed by atoms with Crippen molar-refractivity contribution in [3.05, 3.63) is 12.2 Å². The Kier molecular flexibility index (Phi) is 3.42. The van der Waals surface area contributed by atoms with Crippen molar-refractivity contribution in [2.24, 2.45) is 5.92 Å². The van der Waals surface area contributed by atoms with E-state index >= 15 is 0 Å². The molecular formula is C13H19N5O2. The van der Waals surface area contributed by atoms with Crippen LogP contribution in [0.15, 0.2) is 6.33 Å². The standard InChI is InChI=1S/C13H19N5O2/c1-2-18-10(14-8-15-18)7-17-6-5-11(19)16-12(13(17)20)9-3-4-9/h8-9,12H,2-7H2,1H3,(H,16,19). The molecule has 2 heterocycles. The Morgan fingerprint density at radius 3 is 2.90 bits per heavy atom. The molecule has 0 spiro atoms. The van der Waals surface area contributed by atoms with Gasteiger partial charge in [0.2, 0.25) is 11.8 Å². The minimum Gasteiger partial charge on any atom is -0.344 e. The van der Waals surface area contributed by atoms with E-state index in [2.05, 4.69) is 15.4 Å². The Bertz CT molecular complexity index is 523. The maximum atomic E-state index is 12.6. The largest absolute Gasteiger partial charge is 0.344 e. The van der Waals surface area contributed by atoms with Gasteiger partial charge in [0.15, 0.2) is 0 Å². The third-order valence-corrected chi connectivity index (χ3v) is 3.92. The first-order valence-electron chi connectivity index (χ1n) is 7.14. The molecule has 1 atom stereocenters. The van der Waals surface area contributed by atoms with Crippen LogP contribution in [0.4, 0.5) is 0 Å². The van der Waals surface area contributed by atoms with Crippen molar-refractivity contribution in [3.63, 3.8) is 0 Å². The highest BCUT2D eigenvalue weighted by atomic mass is 16.2. The van der Waals surface area contributed by atoms with Crippen LogP contribution in [0.1, 0.15) is 32.0 Å². The van der Waals surface area contributed by atoms with Crippen LogP contribution in [0.5, 0.6) is 0 Å². The van der Waals surface area contributed by atoms with E-state index in [0.29, 0.717) is 25.4 Å². The summed E-state index contributed by atoms with van der Waals surface area (Å²) >= 11 is 0. The van der Waals surface area contributed by atoms with Gasteiger partial charge in [-0.25, -0.2) is 9.67 Å². The molecule has 2 amide bonds. The lowest BCUT2D eigenvalue weighted by atomic mass is 10.1. The Balaban J connectivity index is 1.77. The second-order valence-corrected chi connectivity index (χ2v) is 5.38. The number of carbonyl (C=O) groups is 2. The molecule has 7 heteroatoms. The number of rotatable bonds is 4. The lowest BCUT2D eigenvalue weighted by molar-refractivity contribution is -0.134. The third kappa shape index (κ3) is 2.52. The fourth-order valence-electron chi connectivity index (χ4n) is 2.60. The van der Waals surface area contributed by atoms with Crippen LogP contribution in [-0.4, -0.2) is 44.1 Å². The predicted octanol–water partition coefficient (Wildman–Crippen LogP) is -0.0749. The summed E-state index contributed by atoms with van der Waals surface area (Å²) in [5.74, 6) is 1.07. The summed E-state index contributed by atoms with van der Waals surface area (Å²) in [5, 5.41) is 6.97. The first-order valence-corrected chi connectivity index (χ1v) is 7.14. The highest BCUT2D eigenvalue weighted by Gasteiger charge is 2.41. The van der Waals surface area contributed by atoms with Crippen LogP contribution in [-0.2, 0) is 22.7 Å². The molecule has 3 rings (SSSR count). The van der Waals surface area contributed by atoms with Crippen molar-refractivity contribution >= 4 is 11.8 Å². The van der Waals surface area contributed by atoms with E-state index in [-0.39, 0.29) is 17.9 Å². The molecule has 1 saturated heterocycles. The summed E-state index contributed by atoms with van der Waals surface area (Å²) < 4.78 is 1.78. The van der Waals surface area contributed by atoms with Gasteiger partial charge in [-0.15, -0.1) is 0 Å². The normalized spacial score (nSPS) is 23.6. The quantitative estimate of drug-likeness (QED) is 0.835. The van der Waals surface area contributed by atoms with Crippen LogP contribution >= 0.6 is 0 Å². The minimum absolute atomic E-state index is 0.0176. The highest BCUT2D eigenvalue weighted by molar-refractivity contribution is 5.90. The molecule has 1 saturated carbocycles. The molecule has 20 heavy (non-hydrogen) atoms. The van der Waals surface area contributed by atoms with Crippen LogP contribution in [0.2, 0.25) is 0 Å². The Morgan fingerprint density at radius 1 is 1.40 bits per heavy atom. The number of nitrogens with one attached hydrogen (secondary N) is 1. The molecule has 108 valence electrons. The second-order valence-electron chi connectivity index (χ2n) is 5.38. The lowest BCUT2D eigenvalue weighted by Gasteiger charge is -2.23.